The number of nitrogens with zero attached hydrogens (tertiary/aromatic N) is 1. The van der Waals surface area contributed by atoms with E-state index in [2.05, 4.69) is 31.5 Å². The van der Waals surface area contributed by atoms with Gasteiger partial charge in [0.2, 0.25) is 0 Å². The Labute approximate surface area is 130 Å². The minimum atomic E-state index is -0.409. The number of pyridine rings is 1. The van der Waals surface area contributed by atoms with Crippen molar-refractivity contribution in [3.05, 3.63) is 52.1 Å². The van der Waals surface area contributed by atoms with E-state index in [1.165, 1.54) is 6.92 Å². The molecule has 1 heterocycles. The summed E-state index contributed by atoms with van der Waals surface area (Å²) >= 11 is 3.32. The summed E-state index contributed by atoms with van der Waals surface area (Å²) in [5.74, 6) is 0.433. The highest BCUT2D eigenvalue weighted by molar-refractivity contribution is 9.10. The summed E-state index contributed by atoms with van der Waals surface area (Å²) in [6.07, 6.45) is 1.61. The minimum Gasteiger partial charge on any atom is -0.308 e. The van der Waals surface area contributed by atoms with Crippen LogP contribution in [0.4, 0.5) is 16.3 Å². The number of nitrogens with one attached hydrogen (secondary N) is 2. The zero-order valence-electron chi connectivity index (χ0n) is 11.6. The van der Waals surface area contributed by atoms with Gasteiger partial charge in [-0.25, -0.2) is 9.78 Å². The third-order valence-corrected chi connectivity index (χ3v) is 3.24. The number of urea groups is 1. The first kappa shape index (κ1) is 15.2. The fourth-order valence-electron chi connectivity index (χ4n) is 1.76. The van der Waals surface area contributed by atoms with Gasteiger partial charge in [0.1, 0.15) is 5.82 Å². The third-order valence-electron chi connectivity index (χ3n) is 2.80. The largest absolute Gasteiger partial charge is 0.324 e. The van der Waals surface area contributed by atoms with Crippen LogP contribution in [0.3, 0.4) is 0 Å². The van der Waals surface area contributed by atoms with Crippen LogP contribution in [-0.4, -0.2) is 16.8 Å². The highest BCUT2D eigenvalue weighted by atomic mass is 79.9. The average molecular weight is 348 g/mol. The summed E-state index contributed by atoms with van der Waals surface area (Å²) < 4.78 is 0.847. The molecule has 2 amide bonds. The van der Waals surface area contributed by atoms with E-state index in [1.54, 1.807) is 30.5 Å². The topological polar surface area (TPSA) is 71.1 Å². The predicted molar refractivity (Wildman–Crippen MR) is 85.8 cm³/mol. The molecular formula is C15H14BrN3O2. The predicted octanol–water partition coefficient (Wildman–Crippen LogP) is 4.00. The molecule has 0 saturated heterocycles. The number of hydrogen-bond donors (Lipinski definition) is 2. The third kappa shape index (κ3) is 4.13. The molecule has 0 spiro atoms. The molecule has 0 saturated carbocycles. The zero-order valence-corrected chi connectivity index (χ0v) is 13.2. The van der Waals surface area contributed by atoms with Gasteiger partial charge in [0.05, 0.1) is 0 Å². The average Bonchev–Trinajstić information content (AvgIpc) is 2.42. The van der Waals surface area contributed by atoms with Gasteiger partial charge in [-0.15, -0.1) is 0 Å². The molecule has 0 radical (unpaired) electrons. The van der Waals surface area contributed by atoms with E-state index >= 15 is 0 Å². The molecule has 108 valence electrons. The Kier molecular flexibility index (Phi) is 4.70. The number of carbonyl (C=O) groups excluding carboxylic acids is 2. The molecule has 5 nitrogen and oxygen atoms in total. The Morgan fingerprint density at radius 2 is 1.95 bits per heavy atom. The fourth-order valence-corrected chi connectivity index (χ4v) is 2.20. The van der Waals surface area contributed by atoms with Crippen LogP contribution in [0.5, 0.6) is 0 Å². The van der Waals surface area contributed by atoms with Crippen LogP contribution in [-0.2, 0) is 0 Å². The van der Waals surface area contributed by atoms with Gasteiger partial charge in [-0.2, -0.15) is 0 Å². The number of halogens is 1. The maximum atomic E-state index is 11.9. The van der Waals surface area contributed by atoms with Crippen LogP contribution in [0.25, 0.3) is 0 Å². The second-order valence-corrected chi connectivity index (χ2v) is 5.45. The van der Waals surface area contributed by atoms with Crippen molar-refractivity contribution in [2.24, 2.45) is 0 Å². The summed E-state index contributed by atoms with van der Waals surface area (Å²) in [7, 11) is 0. The summed E-state index contributed by atoms with van der Waals surface area (Å²) in [6.45, 7) is 3.33. The summed E-state index contributed by atoms with van der Waals surface area (Å²) in [4.78, 5) is 27.4. The van der Waals surface area contributed by atoms with E-state index in [9.17, 15) is 9.59 Å². The molecule has 0 fully saturated rings. The lowest BCUT2D eigenvalue weighted by Gasteiger charge is -2.09. The van der Waals surface area contributed by atoms with Crippen molar-refractivity contribution in [2.45, 2.75) is 13.8 Å². The van der Waals surface area contributed by atoms with E-state index in [0.29, 0.717) is 17.1 Å². The number of carbonyl (C=O) groups is 2. The summed E-state index contributed by atoms with van der Waals surface area (Å²) in [5, 5.41) is 5.34. The molecule has 2 aromatic rings. The maximum Gasteiger partial charge on any atom is 0.324 e. The number of hydrogen-bond acceptors (Lipinski definition) is 3. The highest BCUT2D eigenvalue weighted by Crippen LogP contribution is 2.17. The van der Waals surface area contributed by atoms with Crippen LogP contribution in [0.2, 0.25) is 0 Å². The van der Waals surface area contributed by atoms with Gasteiger partial charge >= 0.3 is 6.03 Å². The van der Waals surface area contributed by atoms with E-state index in [0.717, 1.165) is 10.0 Å². The van der Waals surface area contributed by atoms with Crippen LogP contribution in [0.1, 0.15) is 22.8 Å². The summed E-state index contributed by atoms with van der Waals surface area (Å²) in [6, 6.07) is 8.21. The van der Waals surface area contributed by atoms with Crippen molar-refractivity contribution in [3.63, 3.8) is 0 Å². The number of amides is 2. The Balaban J connectivity index is 2.08. The molecule has 6 heteroatoms. The minimum absolute atomic E-state index is 0.0514. The molecule has 0 aliphatic heterocycles. The summed E-state index contributed by atoms with van der Waals surface area (Å²) in [5.41, 5.74) is 1.94. The van der Waals surface area contributed by atoms with Gasteiger partial charge in [-0.3, -0.25) is 10.1 Å². The molecule has 0 atom stereocenters. The molecule has 0 unspecified atom stereocenters. The number of anilines is 2. The van der Waals surface area contributed by atoms with Crippen LogP contribution < -0.4 is 10.6 Å². The first-order valence-electron chi connectivity index (χ1n) is 6.27. The SMILES string of the molecule is CC(=O)c1cccc(NC(=O)Nc2ncc(Br)cc2C)c1. The van der Waals surface area contributed by atoms with E-state index < -0.39 is 6.03 Å². The fraction of sp³-hybridized carbons (Fsp3) is 0.133. The van der Waals surface area contributed by atoms with Gasteiger partial charge in [0, 0.05) is 21.9 Å². The van der Waals surface area contributed by atoms with Crippen molar-refractivity contribution in [2.75, 3.05) is 10.6 Å². The van der Waals surface area contributed by atoms with Gasteiger partial charge in [-0.1, -0.05) is 12.1 Å². The lowest BCUT2D eigenvalue weighted by Crippen LogP contribution is -2.20. The van der Waals surface area contributed by atoms with Crippen molar-refractivity contribution >= 4 is 39.2 Å². The molecule has 2 rings (SSSR count). The monoisotopic (exact) mass is 347 g/mol. The maximum absolute atomic E-state index is 11.9. The first-order chi connectivity index (χ1) is 9.95. The van der Waals surface area contributed by atoms with Crippen molar-refractivity contribution in [1.82, 2.24) is 4.98 Å². The lowest BCUT2D eigenvalue weighted by molar-refractivity contribution is 0.101. The van der Waals surface area contributed by atoms with E-state index in [1.807, 2.05) is 13.0 Å². The molecule has 1 aromatic heterocycles. The van der Waals surface area contributed by atoms with Gasteiger partial charge in [0.15, 0.2) is 5.78 Å². The number of rotatable bonds is 3. The lowest BCUT2D eigenvalue weighted by atomic mass is 10.1. The molecule has 21 heavy (non-hydrogen) atoms. The molecular weight excluding hydrogens is 334 g/mol. The Morgan fingerprint density at radius 1 is 1.19 bits per heavy atom. The molecule has 0 bridgehead atoms. The van der Waals surface area contributed by atoms with Crippen molar-refractivity contribution in [1.29, 1.82) is 0 Å². The van der Waals surface area contributed by atoms with Gasteiger partial charge in [0.25, 0.3) is 0 Å². The second-order valence-electron chi connectivity index (χ2n) is 4.54. The molecule has 0 aliphatic rings. The molecule has 1 aromatic carbocycles. The number of aryl methyl sites for hydroxylation is 1. The van der Waals surface area contributed by atoms with Crippen molar-refractivity contribution < 1.29 is 9.59 Å². The first-order valence-corrected chi connectivity index (χ1v) is 7.06. The zero-order chi connectivity index (χ0) is 15.4. The van der Waals surface area contributed by atoms with Gasteiger partial charge < -0.3 is 5.32 Å². The van der Waals surface area contributed by atoms with E-state index in [4.69, 9.17) is 0 Å². The highest BCUT2D eigenvalue weighted by Gasteiger charge is 2.07. The van der Waals surface area contributed by atoms with Crippen LogP contribution in [0.15, 0.2) is 41.0 Å². The smallest absolute Gasteiger partial charge is 0.308 e. The van der Waals surface area contributed by atoms with Gasteiger partial charge in [-0.05, 0) is 53.5 Å². The van der Waals surface area contributed by atoms with Crippen molar-refractivity contribution in [3.8, 4) is 0 Å². The number of aromatic nitrogens is 1. The quantitative estimate of drug-likeness (QED) is 0.824. The standard InChI is InChI=1S/C15H14BrN3O2/c1-9-6-12(16)8-17-14(9)19-15(21)18-13-5-3-4-11(7-13)10(2)20/h3-8H,1-2H3,(H2,17,18,19,21). The number of benzene rings is 1. The Morgan fingerprint density at radius 3 is 2.62 bits per heavy atom. The van der Waals surface area contributed by atoms with Crippen LogP contribution in [0, 0.1) is 6.92 Å². The van der Waals surface area contributed by atoms with E-state index in [-0.39, 0.29) is 5.78 Å². The van der Waals surface area contributed by atoms with Crippen LogP contribution >= 0.6 is 15.9 Å². The number of Topliss-reactive ketones (excluding diaryl/α,β-unsaturated/α-hetero) is 1. The second kappa shape index (κ2) is 6.49. The number of ketones is 1. The molecule has 0 aliphatic carbocycles. The Hall–Kier alpha value is -2.21. The molecule has 2 N–H and O–H groups in total. The normalized spacial score (nSPS) is 10.0. The Bertz CT molecular complexity index is 701.